The van der Waals surface area contributed by atoms with Crippen LogP contribution in [0.4, 0.5) is 8.78 Å². The standard InChI is InChI=1S/C12H14ClF2NO/c13-7-4-8(14)10(9(15)5-7)11(16)12(17)6-2-1-3-6/h4-6,11-12,17H,1-3,16H2/t11-,12+/m1/s1. The lowest BCUT2D eigenvalue weighted by atomic mass is 9.77. The lowest BCUT2D eigenvalue weighted by Crippen LogP contribution is -2.37. The van der Waals surface area contributed by atoms with Gasteiger partial charge >= 0.3 is 0 Å². The number of hydrogen-bond donors (Lipinski definition) is 2. The number of aliphatic hydroxyl groups excluding tert-OH is 1. The van der Waals surface area contributed by atoms with Crippen LogP contribution in [-0.4, -0.2) is 11.2 Å². The van der Waals surface area contributed by atoms with Gasteiger partial charge in [-0.15, -0.1) is 0 Å². The summed E-state index contributed by atoms with van der Waals surface area (Å²) in [5.74, 6) is -1.57. The maximum absolute atomic E-state index is 13.6. The highest BCUT2D eigenvalue weighted by Gasteiger charge is 2.33. The van der Waals surface area contributed by atoms with Crippen LogP contribution in [0.15, 0.2) is 12.1 Å². The van der Waals surface area contributed by atoms with Crippen LogP contribution in [-0.2, 0) is 0 Å². The van der Waals surface area contributed by atoms with E-state index in [1.807, 2.05) is 0 Å². The Kier molecular flexibility index (Phi) is 3.66. The molecule has 1 saturated carbocycles. The van der Waals surface area contributed by atoms with Gasteiger partial charge in [0.05, 0.1) is 12.1 Å². The number of halogens is 3. The number of nitrogens with two attached hydrogens (primary N) is 1. The Morgan fingerprint density at radius 1 is 1.29 bits per heavy atom. The molecule has 1 aliphatic carbocycles. The van der Waals surface area contributed by atoms with Gasteiger partial charge in [0.25, 0.3) is 0 Å². The smallest absolute Gasteiger partial charge is 0.132 e. The predicted molar refractivity (Wildman–Crippen MR) is 61.6 cm³/mol. The maximum atomic E-state index is 13.6. The first kappa shape index (κ1) is 12.7. The van der Waals surface area contributed by atoms with Gasteiger partial charge < -0.3 is 10.8 Å². The molecule has 5 heteroatoms. The Bertz CT molecular complexity index is 400. The molecule has 0 unspecified atom stereocenters. The minimum atomic E-state index is -1.04. The predicted octanol–water partition coefficient (Wildman–Crippen LogP) is 2.78. The van der Waals surface area contributed by atoms with Crippen LogP contribution in [0.2, 0.25) is 5.02 Å². The molecule has 0 bridgehead atoms. The molecule has 0 aromatic heterocycles. The molecule has 2 rings (SSSR count). The maximum Gasteiger partial charge on any atom is 0.132 e. The molecule has 0 radical (unpaired) electrons. The van der Waals surface area contributed by atoms with Crippen molar-refractivity contribution in [3.63, 3.8) is 0 Å². The average Bonchev–Trinajstić information content (AvgIpc) is 2.12. The van der Waals surface area contributed by atoms with E-state index in [0.717, 1.165) is 31.4 Å². The van der Waals surface area contributed by atoms with Crippen molar-refractivity contribution in [2.24, 2.45) is 11.7 Å². The zero-order chi connectivity index (χ0) is 12.6. The van der Waals surface area contributed by atoms with Crippen molar-refractivity contribution in [2.75, 3.05) is 0 Å². The Labute approximate surface area is 103 Å². The molecule has 0 spiro atoms. The largest absolute Gasteiger partial charge is 0.391 e. The highest BCUT2D eigenvalue weighted by molar-refractivity contribution is 6.30. The highest BCUT2D eigenvalue weighted by atomic mass is 35.5. The zero-order valence-corrected chi connectivity index (χ0v) is 9.92. The molecule has 17 heavy (non-hydrogen) atoms. The van der Waals surface area contributed by atoms with E-state index in [1.54, 1.807) is 0 Å². The van der Waals surface area contributed by atoms with E-state index < -0.39 is 23.8 Å². The van der Waals surface area contributed by atoms with Crippen molar-refractivity contribution < 1.29 is 13.9 Å². The minimum absolute atomic E-state index is 0.0194. The van der Waals surface area contributed by atoms with Crippen LogP contribution in [0.1, 0.15) is 30.9 Å². The van der Waals surface area contributed by atoms with Gasteiger partial charge in [0, 0.05) is 10.6 Å². The Balaban J connectivity index is 2.26. The number of aliphatic hydroxyl groups is 1. The summed E-state index contributed by atoms with van der Waals surface area (Å²) in [5.41, 5.74) is 5.44. The fourth-order valence-corrected chi connectivity index (χ4v) is 2.31. The summed E-state index contributed by atoms with van der Waals surface area (Å²) in [7, 11) is 0. The van der Waals surface area contributed by atoms with Crippen molar-refractivity contribution in [1.29, 1.82) is 0 Å². The Morgan fingerprint density at radius 2 is 1.82 bits per heavy atom. The summed E-state index contributed by atoms with van der Waals surface area (Å²) in [6.45, 7) is 0. The van der Waals surface area contributed by atoms with E-state index in [1.165, 1.54) is 0 Å². The van der Waals surface area contributed by atoms with Crippen LogP contribution in [0.3, 0.4) is 0 Å². The van der Waals surface area contributed by atoms with Crippen LogP contribution in [0.25, 0.3) is 0 Å². The molecule has 3 N–H and O–H groups in total. The van der Waals surface area contributed by atoms with Crippen molar-refractivity contribution >= 4 is 11.6 Å². The first-order valence-corrected chi connectivity index (χ1v) is 5.96. The summed E-state index contributed by atoms with van der Waals surface area (Å²) in [4.78, 5) is 0. The van der Waals surface area contributed by atoms with Crippen LogP contribution >= 0.6 is 11.6 Å². The third-order valence-electron chi connectivity index (χ3n) is 3.38. The van der Waals surface area contributed by atoms with Gasteiger partial charge in [-0.2, -0.15) is 0 Å². The normalized spacial score (nSPS) is 19.8. The summed E-state index contributed by atoms with van der Waals surface area (Å²) >= 11 is 5.52. The Hall–Kier alpha value is -0.710. The third-order valence-corrected chi connectivity index (χ3v) is 3.60. The molecule has 0 heterocycles. The fourth-order valence-electron chi connectivity index (χ4n) is 2.12. The van der Waals surface area contributed by atoms with Crippen molar-refractivity contribution in [2.45, 2.75) is 31.4 Å². The minimum Gasteiger partial charge on any atom is -0.391 e. The zero-order valence-electron chi connectivity index (χ0n) is 9.17. The van der Waals surface area contributed by atoms with Gasteiger partial charge in [-0.3, -0.25) is 0 Å². The van der Waals surface area contributed by atoms with E-state index in [4.69, 9.17) is 17.3 Å². The van der Waals surface area contributed by atoms with Crippen molar-refractivity contribution in [3.8, 4) is 0 Å². The molecule has 1 fully saturated rings. The lowest BCUT2D eigenvalue weighted by Gasteiger charge is -2.34. The van der Waals surface area contributed by atoms with E-state index in [-0.39, 0.29) is 16.5 Å². The summed E-state index contributed by atoms with van der Waals surface area (Å²) in [5, 5.41) is 9.90. The average molecular weight is 262 g/mol. The van der Waals surface area contributed by atoms with Crippen LogP contribution in [0.5, 0.6) is 0 Å². The molecule has 0 aliphatic heterocycles. The SMILES string of the molecule is N[C@H](c1c(F)cc(Cl)cc1F)[C@@H](O)C1CCC1. The van der Waals surface area contributed by atoms with Gasteiger partial charge in [-0.1, -0.05) is 18.0 Å². The van der Waals surface area contributed by atoms with E-state index in [0.29, 0.717) is 0 Å². The Morgan fingerprint density at radius 3 is 2.24 bits per heavy atom. The molecule has 0 amide bonds. The number of rotatable bonds is 3. The summed E-state index contributed by atoms with van der Waals surface area (Å²) < 4.78 is 27.2. The number of hydrogen-bond acceptors (Lipinski definition) is 2. The monoisotopic (exact) mass is 261 g/mol. The molecular weight excluding hydrogens is 248 g/mol. The molecule has 2 atom stereocenters. The highest BCUT2D eigenvalue weighted by Crippen LogP contribution is 2.35. The molecule has 1 aliphatic rings. The first-order chi connectivity index (χ1) is 8.00. The second kappa shape index (κ2) is 4.88. The van der Waals surface area contributed by atoms with Crippen molar-refractivity contribution in [3.05, 3.63) is 34.4 Å². The van der Waals surface area contributed by atoms with E-state index in [2.05, 4.69) is 0 Å². The van der Waals surface area contributed by atoms with Gasteiger partial charge in [-0.05, 0) is 30.9 Å². The molecule has 94 valence electrons. The molecule has 0 saturated heterocycles. The third kappa shape index (κ3) is 2.44. The second-order valence-corrected chi connectivity index (χ2v) is 4.93. The van der Waals surface area contributed by atoms with Gasteiger partial charge in [-0.25, -0.2) is 8.78 Å². The van der Waals surface area contributed by atoms with Crippen LogP contribution < -0.4 is 5.73 Å². The molecule has 1 aromatic carbocycles. The fraction of sp³-hybridized carbons (Fsp3) is 0.500. The van der Waals surface area contributed by atoms with E-state index in [9.17, 15) is 13.9 Å². The summed E-state index contributed by atoms with van der Waals surface area (Å²) in [6, 6.07) is 0.971. The second-order valence-electron chi connectivity index (χ2n) is 4.49. The van der Waals surface area contributed by atoms with E-state index >= 15 is 0 Å². The van der Waals surface area contributed by atoms with Crippen LogP contribution in [0, 0.1) is 17.6 Å². The van der Waals surface area contributed by atoms with Crippen molar-refractivity contribution in [1.82, 2.24) is 0 Å². The molecule has 2 nitrogen and oxygen atoms in total. The molecule has 1 aromatic rings. The lowest BCUT2D eigenvalue weighted by molar-refractivity contribution is 0.0395. The van der Waals surface area contributed by atoms with Gasteiger partial charge in [0.2, 0.25) is 0 Å². The van der Waals surface area contributed by atoms with Gasteiger partial charge in [0.15, 0.2) is 0 Å². The molecular formula is C12H14ClF2NO. The number of benzene rings is 1. The first-order valence-electron chi connectivity index (χ1n) is 5.59. The topological polar surface area (TPSA) is 46.2 Å². The summed E-state index contributed by atoms with van der Waals surface area (Å²) in [6.07, 6.45) is 1.83. The quantitative estimate of drug-likeness (QED) is 0.879. The van der Waals surface area contributed by atoms with Gasteiger partial charge in [0.1, 0.15) is 11.6 Å².